The van der Waals surface area contributed by atoms with Crippen molar-refractivity contribution < 1.29 is 19.0 Å². The fourth-order valence-electron chi connectivity index (χ4n) is 6.43. The molecule has 1 N–H and O–H groups in total. The van der Waals surface area contributed by atoms with Crippen molar-refractivity contribution in [2.75, 3.05) is 57.2 Å². The van der Waals surface area contributed by atoms with E-state index in [2.05, 4.69) is 38.8 Å². The summed E-state index contributed by atoms with van der Waals surface area (Å²) >= 11 is 6.31. The molecule has 2 unspecified atom stereocenters. The number of carbonyl (C=O) groups excluding carboxylic acids is 1. The second-order valence-corrected chi connectivity index (χ2v) is 12.7. The van der Waals surface area contributed by atoms with E-state index in [1.807, 2.05) is 35.4 Å². The molecule has 2 aliphatic rings. The fourth-order valence-corrected chi connectivity index (χ4v) is 6.61. The number of anilines is 2. The Hall–Kier alpha value is -4.91. The van der Waals surface area contributed by atoms with Crippen LogP contribution in [0.5, 0.6) is 5.88 Å². The van der Waals surface area contributed by atoms with Crippen LogP contribution in [0, 0.1) is 5.82 Å². The third-order valence-corrected chi connectivity index (χ3v) is 9.46. The van der Waals surface area contributed by atoms with Crippen molar-refractivity contribution in [2.24, 2.45) is 0 Å². The quantitative estimate of drug-likeness (QED) is 0.221. The molecule has 0 saturated carbocycles. The number of ether oxygens (including phenoxy) is 1. The van der Waals surface area contributed by atoms with E-state index in [9.17, 15) is 9.59 Å². The number of carbonyl (C=O) groups is 1. The third kappa shape index (κ3) is 6.85. The van der Waals surface area contributed by atoms with Gasteiger partial charge in [0.15, 0.2) is 11.7 Å². The zero-order valence-electron chi connectivity index (χ0n) is 27.4. The molecule has 2 saturated heterocycles. The molecule has 5 aromatic rings. The molecule has 0 spiro atoms. The van der Waals surface area contributed by atoms with Crippen molar-refractivity contribution in [3.8, 4) is 11.6 Å². The first-order valence-electron chi connectivity index (χ1n) is 15.9. The van der Waals surface area contributed by atoms with Gasteiger partial charge in [-0.25, -0.2) is 14.4 Å². The van der Waals surface area contributed by atoms with Gasteiger partial charge in [0.2, 0.25) is 5.88 Å². The summed E-state index contributed by atoms with van der Waals surface area (Å²) in [5.74, 6) is 0.628. The summed E-state index contributed by atoms with van der Waals surface area (Å²) in [6.07, 6.45) is 9.53. The van der Waals surface area contributed by atoms with Gasteiger partial charge in [-0.2, -0.15) is 0 Å². The van der Waals surface area contributed by atoms with Crippen LogP contribution >= 0.6 is 11.6 Å². The molecule has 0 amide bonds. The van der Waals surface area contributed by atoms with Gasteiger partial charge < -0.3 is 29.1 Å². The smallest absolute Gasteiger partial charge is 0.232 e. The minimum absolute atomic E-state index is 0.0524. The Kier molecular flexibility index (Phi) is 10.2. The molecule has 0 bridgehead atoms. The van der Waals surface area contributed by atoms with E-state index in [0.29, 0.717) is 53.1 Å². The summed E-state index contributed by atoms with van der Waals surface area (Å²) in [7, 11) is 5.13. The minimum Gasteiger partial charge on any atom is -0.474 e. The maximum Gasteiger partial charge on any atom is 0.232 e. The molecule has 1 aromatic carbocycles. The molecule has 7 rings (SSSR count). The van der Waals surface area contributed by atoms with Crippen LogP contribution in [-0.2, 0) is 0 Å². The van der Waals surface area contributed by atoms with E-state index in [-0.39, 0.29) is 29.5 Å². The lowest BCUT2D eigenvalue weighted by molar-refractivity contribution is 0.112. The number of rotatable bonds is 9. The second-order valence-electron chi connectivity index (χ2n) is 12.2. The fraction of sp³-hybridized carbons (Fsp3) is 0.306. The first-order chi connectivity index (χ1) is 23.8. The summed E-state index contributed by atoms with van der Waals surface area (Å²) in [5.41, 5.74) is 1.85. The maximum atomic E-state index is 16.1. The Bertz CT molecular complexity index is 1990. The van der Waals surface area contributed by atoms with Crippen LogP contribution in [-0.4, -0.2) is 95.3 Å². The van der Waals surface area contributed by atoms with Crippen molar-refractivity contribution in [2.45, 2.75) is 24.4 Å². The number of hydrogen-bond acceptors (Lipinski definition) is 10. The summed E-state index contributed by atoms with van der Waals surface area (Å²) in [6.45, 7) is 2.46. The monoisotopic (exact) mass is 685 g/mol. The number of aldehydes is 1. The van der Waals surface area contributed by atoms with E-state index < -0.39 is 11.2 Å². The number of benzene rings is 1. The van der Waals surface area contributed by atoms with Gasteiger partial charge in [-0.3, -0.25) is 14.6 Å². The van der Waals surface area contributed by atoms with Crippen LogP contribution in [0.15, 0.2) is 84.3 Å². The lowest BCUT2D eigenvalue weighted by Crippen LogP contribution is -2.57. The van der Waals surface area contributed by atoms with Crippen LogP contribution in [0.25, 0.3) is 16.6 Å². The number of likely N-dealkylation sites (N-methyl/N-ethyl adjacent to an activating group) is 1. The second kappa shape index (κ2) is 14.7. The van der Waals surface area contributed by atoms with E-state index in [1.54, 1.807) is 41.4 Å². The van der Waals surface area contributed by atoms with Crippen LogP contribution in [0.2, 0.25) is 5.02 Å². The third-order valence-electron chi connectivity index (χ3n) is 9.17. The number of pyridine rings is 4. The number of hydrogen-bond donors (Lipinski definition) is 1. The van der Waals surface area contributed by atoms with Gasteiger partial charge >= 0.3 is 0 Å². The molecule has 2 atom stereocenters. The molecule has 2 fully saturated rings. The average Bonchev–Trinajstić information content (AvgIpc) is 3.53. The highest BCUT2D eigenvalue weighted by Gasteiger charge is 2.36. The molecule has 254 valence electrons. The Morgan fingerprint density at radius 1 is 1.06 bits per heavy atom. The van der Waals surface area contributed by atoms with Crippen molar-refractivity contribution in [3.63, 3.8) is 0 Å². The van der Waals surface area contributed by atoms with Crippen molar-refractivity contribution in [1.29, 1.82) is 0 Å². The average molecular weight is 686 g/mol. The number of aliphatic hydroxyl groups excluding tert-OH is 1. The Balaban J connectivity index is 0.00000205. The summed E-state index contributed by atoms with van der Waals surface area (Å²) in [5, 5.41) is 7.49. The Morgan fingerprint density at radius 3 is 2.53 bits per heavy atom. The minimum atomic E-state index is -0.571. The lowest BCUT2D eigenvalue weighted by Gasteiger charge is -2.43. The highest BCUT2D eigenvalue weighted by Crippen LogP contribution is 2.38. The maximum absolute atomic E-state index is 16.1. The van der Waals surface area contributed by atoms with Crippen LogP contribution < -0.4 is 20.0 Å². The van der Waals surface area contributed by atoms with Gasteiger partial charge in [0.25, 0.3) is 0 Å². The SMILES string of the molecule is CN(C)C1CN(c2ccc(-n3cc(C=O)c(=O)c4cc(F)c(N5CC(c6cccnc6)CC5COc5ncccc5Cl)cc43)cn2)C1.CO. The van der Waals surface area contributed by atoms with Crippen LogP contribution in [0.1, 0.15) is 28.3 Å². The largest absolute Gasteiger partial charge is 0.474 e. The standard InChI is InChI=1S/C35H33ClFN7O3.CH4O/c1-41(2)27-18-42(19-27)33-8-7-25(15-40-33)43-17-24(20-45)34(46)28-12-30(37)32(13-31(28)43)44-16-23(22-5-3-9-38-14-22)11-26(44)21-47-35-29(36)6-4-10-39-35;1-2/h3-10,12-15,17,20,23,26-27H,11,16,18-19,21H2,1-2H3;2H,1H3. The van der Waals surface area contributed by atoms with E-state index in [0.717, 1.165) is 31.6 Å². The number of halogens is 2. The summed E-state index contributed by atoms with van der Waals surface area (Å²) in [4.78, 5) is 44.8. The predicted molar refractivity (Wildman–Crippen MR) is 188 cm³/mol. The zero-order valence-corrected chi connectivity index (χ0v) is 28.2. The molecular formula is C36H37ClFN7O4. The van der Waals surface area contributed by atoms with Gasteiger partial charge in [0, 0.05) is 68.9 Å². The molecule has 6 heterocycles. The topological polar surface area (TPSA) is 117 Å². The summed E-state index contributed by atoms with van der Waals surface area (Å²) in [6, 6.07) is 14.3. The number of nitrogens with zero attached hydrogens (tertiary/aromatic N) is 7. The van der Waals surface area contributed by atoms with E-state index >= 15 is 4.39 Å². The van der Waals surface area contributed by atoms with Gasteiger partial charge in [0.1, 0.15) is 23.3 Å². The van der Waals surface area contributed by atoms with Gasteiger partial charge in [0.05, 0.1) is 34.7 Å². The molecule has 0 aliphatic carbocycles. The van der Waals surface area contributed by atoms with E-state index in [1.165, 1.54) is 12.3 Å². The van der Waals surface area contributed by atoms with Gasteiger partial charge in [-0.05, 0) is 68.5 Å². The molecule has 49 heavy (non-hydrogen) atoms. The van der Waals surface area contributed by atoms with Crippen molar-refractivity contribution in [3.05, 3.63) is 112 Å². The highest BCUT2D eigenvalue weighted by molar-refractivity contribution is 6.31. The Labute approximate surface area is 288 Å². The normalized spacial score (nSPS) is 17.5. The number of aromatic nitrogens is 4. The predicted octanol–water partition coefficient (Wildman–Crippen LogP) is 4.58. The zero-order chi connectivity index (χ0) is 34.7. The van der Waals surface area contributed by atoms with Crippen molar-refractivity contribution in [1.82, 2.24) is 24.4 Å². The lowest BCUT2D eigenvalue weighted by atomic mass is 9.98. The molecule has 11 nitrogen and oxygen atoms in total. The first kappa shape index (κ1) is 34.0. The summed E-state index contributed by atoms with van der Waals surface area (Å²) < 4.78 is 23.9. The van der Waals surface area contributed by atoms with Crippen LogP contribution in [0.4, 0.5) is 15.9 Å². The number of fused-ring (bicyclic) bond motifs is 1. The van der Waals surface area contributed by atoms with E-state index in [4.69, 9.17) is 21.4 Å². The first-order valence-corrected chi connectivity index (χ1v) is 16.2. The number of aliphatic hydroxyl groups is 1. The Morgan fingerprint density at radius 2 is 1.86 bits per heavy atom. The highest BCUT2D eigenvalue weighted by atomic mass is 35.5. The molecule has 13 heteroatoms. The van der Waals surface area contributed by atoms with Gasteiger partial charge in [-0.1, -0.05) is 17.7 Å². The van der Waals surface area contributed by atoms with Crippen LogP contribution in [0.3, 0.4) is 0 Å². The van der Waals surface area contributed by atoms with Crippen molar-refractivity contribution >= 4 is 40.3 Å². The molecular weight excluding hydrogens is 649 g/mol. The molecule has 2 aliphatic heterocycles. The molecule has 4 aromatic heterocycles. The van der Waals surface area contributed by atoms with Gasteiger partial charge in [-0.15, -0.1) is 0 Å². The molecule has 0 radical (unpaired) electrons.